The summed E-state index contributed by atoms with van der Waals surface area (Å²) in [6.45, 7) is 3.09. The highest BCUT2D eigenvalue weighted by Gasteiger charge is 2.09. The fourth-order valence-electron chi connectivity index (χ4n) is 2.20. The third-order valence-electron chi connectivity index (χ3n) is 3.44. The van der Waals surface area contributed by atoms with Gasteiger partial charge in [-0.25, -0.2) is 0 Å². The Balaban J connectivity index is 1.88. The van der Waals surface area contributed by atoms with Gasteiger partial charge in [0.25, 0.3) is 0 Å². The van der Waals surface area contributed by atoms with Crippen molar-refractivity contribution in [2.45, 2.75) is 38.8 Å². The van der Waals surface area contributed by atoms with E-state index in [1.165, 1.54) is 5.56 Å². The van der Waals surface area contributed by atoms with Crippen LogP contribution in [0.4, 0.5) is 0 Å². The molecule has 0 saturated heterocycles. The van der Waals surface area contributed by atoms with E-state index in [1.54, 1.807) is 7.11 Å². The van der Waals surface area contributed by atoms with Crippen molar-refractivity contribution in [3.05, 3.63) is 47.8 Å². The van der Waals surface area contributed by atoms with Crippen molar-refractivity contribution in [1.82, 2.24) is 9.78 Å². The number of hydrogen-bond acceptors (Lipinski definition) is 3. The number of methoxy groups -OCH3 is 1. The number of hydrogen-bond donors (Lipinski definition) is 1. The number of nitrogens with zero attached hydrogens (tertiary/aromatic N) is 2. The molecule has 4 heteroatoms. The van der Waals surface area contributed by atoms with Crippen LogP contribution in [-0.2, 0) is 13.0 Å². The standard InChI is InChI=1S/C16H23N3O/c1-3-10-19-12-14(11-18-19)16(17)9-6-13-4-7-15(20-2)8-5-13/h4-5,7-8,11-12,16H,3,6,9-10,17H2,1-2H3. The van der Waals surface area contributed by atoms with Crippen LogP contribution in [0.5, 0.6) is 5.75 Å². The van der Waals surface area contributed by atoms with Crippen LogP contribution in [0.2, 0.25) is 0 Å². The zero-order valence-electron chi connectivity index (χ0n) is 12.2. The molecule has 0 aliphatic carbocycles. The number of aryl methyl sites for hydroxylation is 2. The van der Waals surface area contributed by atoms with E-state index in [0.717, 1.165) is 37.1 Å². The van der Waals surface area contributed by atoms with Crippen molar-refractivity contribution in [3.8, 4) is 5.75 Å². The van der Waals surface area contributed by atoms with Crippen molar-refractivity contribution >= 4 is 0 Å². The normalized spacial score (nSPS) is 12.3. The maximum atomic E-state index is 6.23. The van der Waals surface area contributed by atoms with Crippen LogP contribution in [0.15, 0.2) is 36.7 Å². The molecule has 0 radical (unpaired) electrons. The lowest BCUT2D eigenvalue weighted by Gasteiger charge is -2.09. The molecular formula is C16H23N3O. The third-order valence-corrected chi connectivity index (χ3v) is 3.44. The molecule has 1 aromatic heterocycles. The molecule has 1 aromatic carbocycles. The minimum Gasteiger partial charge on any atom is -0.497 e. The third kappa shape index (κ3) is 3.84. The summed E-state index contributed by atoms with van der Waals surface area (Å²) in [5.41, 5.74) is 8.63. The summed E-state index contributed by atoms with van der Waals surface area (Å²) in [6.07, 6.45) is 6.91. The van der Waals surface area contributed by atoms with E-state index in [0.29, 0.717) is 0 Å². The van der Waals surface area contributed by atoms with Crippen LogP contribution >= 0.6 is 0 Å². The molecule has 20 heavy (non-hydrogen) atoms. The lowest BCUT2D eigenvalue weighted by molar-refractivity contribution is 0.414. The number of ether oxygens (including phenoxy) is 1. The Morgan fingerprint density at radius 2 is 2.05 bits per heavy atom. The average Bonchev–Trinajstić information content (AvgIpc) is 2.94. The van der Waals surface area contributed by atoms with Crippen LogP contribution in [0.1, 0.15) is 36.9 Å². The molecule has 0 fully saturated rings. The smallest absolute Gasteiger partial charge is 0.118 e. The SMILES string of the molecule is CCCn1cc(C(N)CCc2ccc(OC)cc2)cn1. The number of aromatic nitrogens is 2. The van der Waals surface area contributed by atoms with E-state index >= 15 is 0 Å². The zero-order valence-corrected chi connectivity index (χ0v) is 12.2. The molecule has 1 unspecified atom stereocenters. The van der Waals surface area contributed by atoms with E-state index in [-0.39, 0.29) is 6.04 Å². The number of rotatable bonds is 7. The average molecular weight is 273 g/mol. The molecule has 0 aliphatic rings. The first-order valence-electron chi connectivity index (χ1n) is 7.13. The summed E-state index contributed by atoms with van der Waals surface area (Å²) < 4.78 is 7.11. The molecule has 2 rings (SSSR count). The van der Waals surface area contributed by atoms with Gasteiger partial charge in [-0.3, -0.25) is 4.68 Å². The van der Waals surface area contributed by atoms with Crippen molar-refractivity contribution in [1.29, 1.82) is 0 Å². The maximum absolute atomic E-state index is 6.23. The van der Waals surface area contributed by atoms with Crippen molar-refractivity contribution in [2.75, 3.05) is 7.11 Å². The van der Waals surface area contributed by atoms with Crippen LogP contribution < -0.4 is 10.5 Å². The molecule has 0 aliphatic heterocycles. The van der Waals surface area contributed by atoms with Gasteiger partial charge in [0.05, 0.1) is 13.3 Å². The molecule has 0 bridgehead atoms. The number of benzene rings is 1. The van der Waals surface area contributed by atoms with Gasteiger partial charge in [-0.15, -0.1) is 0 Å². The minimum absolute atomic E-state index is 0.0442. The fraction of sp³-hybridized carbons (Fsp3) is 0.438. The Hall–Kier alpha value is -1.81. The highest BCUT2D eigenvalue weighted by molar-refractivity contribution is 5.27. The molecule has 4 nitrogen and oxygen atoms in total. The van der Waals surface area contributed by atoms with Gasteiger partial charge in [0.15, 0.2) is 0 Å². The van der Waals surface area contributed by atoms with Crippen molar-refractivity contribution in [2.24, 2.45) is 5.73 Å². The highest BCUT2D eigenvalue weighted by Crippen LogP contribution is 2.18. The second kappa shape index (κ2) is 7.10. The van der Waals surface area contributed by atoms with E-state index < -0.39 is 0 Å². The Morgan fingerprint density at radius 3 is 2.70 bits per heavy atom. The predicted octanol–water partition coefficient (Wildman–Crippen LogP) is 2.93. The summed E-state index contributed by atoms with van der Waals surface area (Å²) in [6, 6.07) is 8.20. The Labute approximate surface area is 120 Å². The second-order valence-electron chi connectivity index (χ2n) is 5.03. The fourth-order valence-corrected chi connectivity index (χ4v) is 2.20. The molecule has 0 spiro atoms. The van der Waals surface area contributed by atoms with Gasteiger partial charge in [-0.1, -0.05) is 19.1 Å². The maximum Gasteiger partial charge on any atom is 0.118 e. The predicted molar refractivity (Wildman–Crippen MR) is 80.8 cm³/mol. The van der Waals surface area contributed by atoms with Crippen molar-refractivity contribution < 1.29 is 4.74 Å². The summed E-state index contributed by atoms with van der Waals surface area (Å²) in [4.78, 5) is 0. The molecule has 108 valence electrons. The number of nitrogens with two attached hydrogens (primary N) is 1. The first kappa shape index (κ1) is 14.6. The first-order chi connectivity index (χ1) is 9.72. The minimum atomic E-state index is 0.0442. The summed E-state index contributed by atoms with van der Waals surface area (Å²) in [5, 5.41) is 4.32. The molecule has 0 amide bonds. The van der Waals surface area contributed by atoms with Gasteiger partial charge < -0.3 is 10.5 Å². The molecule has 1 atom stereocenters. The van der Waals surface area contributed by atoms with Gasteiger partial charge in [-0.2, -0.15) is 5.10 Å². The topological polar surface area (TPSA) is 53.1 Å². The highest BCUT2D eigenvalue weighted by atomic mass is 16.5. The Bertz CT molecular complexity index is 519. The van der Waals surface area contributed by atoms with Gasteiger partial charge in [0.1, 0.15) is 5.75 Å². The quantitative estimate of drug-likeness (QED) is 0.844. The molecule has 2 aromatic rings. The zero-order chi connectivity index (χ0) is 14.4. The van der Waals surface area contributed by atoms with E-state index in [4.69, 9.17) is 10.5 Å². The molecule has 2 N–H and O–H groups in total. The van der Waals surface area contributed by atoms with E-state index in [1.807, 2.05) is 23.0 Å². The van der Waals surface area contributed by atoms with Crippen LogP contribution in [0, 0.1) is 0 Å². The lowest BCUT2D eigenvalue weighted by atomic mass is 10.0. The van der Waals surface area contributed by atoms with Crippen LogP contribution in [0.25, 0.3) is 0 Å². The van der Waals surface area contributed by atoms with Gasteiger partial charge in [0, 0.05) is 24.3 Å². The summed E-state index contributed by atoms with van der Waals surface area (Å²) in [7, 11) is 1.68. The molecule has 0 saturated carbocycles. The summed E-state index contributed by atoms with van der Waals surface area (Å²) >= 11 is 0. The van der Waals surface area contributed by atoms with Crippen LogP contribution in [-0.4, -0.2) is 16.9 Å². The van der Waals surface area contributed by atoms with Gasteiger partial charge in [-0.05, 0) is 37.0 Å². The van der Waals surface area contributed by atoms with Crippen LogP contribution in [0.3, 0.4) is 0 Å². The lowest BCUT2D eigenvalue weighted by Crippen LogP contribution is -2.10. The molecule has 1 heterocycles. The van der Waals surface area contributed by atoms with E-state index in [9.17, 15) is 0 Å². The van der Waals surface area contributed by atoms with E-state index in [2.05, 4.69) is 30.4 Å². The summed E-state index contributed by atoms with van der Waals surface area (Å²) in [5.74, 6) is 0.888. The van der Waals surface area contributed by atoms with Gasteiger partial charge >= 0.3 is 0 Å². The van der Waals surface area contributed by atoms with Gasteiger partial charge in [0.2, 0.25) is 0 Å². The Morgan fingerprint density at radius 1 is 1.30 bits per heavy atom. The van der Waals surface area contributed by atoms with Crippen molar-refractivity contribution in [3.63, 3.8) is 0 Å². The molecular weight excluding hydrogens is 250 g/mol. The Kier molecular flexibility index (Phi) is 5.18. The first-order valence-corrected chi connectivity index (χ1v) is 7.13. The largest absolute Gasteiger partial charge is 0.497 e. The second-order valence-corrected chi connectivity index (χ2v) is 5.03. The monoisotopic (exact) mass is 273 g/mol.